The molecule has 0 bridgehead atoms. The molecule has 0 spiro atoms. The molecule has 3 rings (SSSR count). The van der Waals surface area contributed by atoms with Crippen LogP contribution in [-0.2, 0) is 14.3 Å². The number of rotatable bonds is 5. The van der Waals surface area contributed by atoms with Gasteiger partial charge in [-0.15, -0.1) is 24.8 Å². The van der Waals surface area contributed by atoms with Crippen molar-refractivity contribution in [2.24, 2.45) is 5.92 Å². The van der Waals surface area contributed by atoms with E-state index in [2.05, 4.69) is 10.2 Å². The topological polar surface area (TPSA) is 65.1 Å². The summed E-state index contributed by atoms with van der Waals surface area (Å²) in [6, 6.07) is 0.316. The molecule has 0 radical (unpaired) electrons. The van der Waals surface area contributed by atoms with Crippen molar-refractivity contribution in [3.05, 3.63) is 0 Å². The van der Waals surface area contributed by atoms with E-state index in [4.69, 9.17) is 4.74 Å². The van der Waals surface area contributed by atoms with E-state index < -0.39 is 0 Å². The second-order valence-electron chi connectivity index (χ2n) is 7.13. The average Bonchev–Trinajstić information content (AvgIpc) is 3.01. The lowest BCUT2D eigenvalue weighted by molar-refractivity contribution is -0.137. The van der Waals surface area contributed by atoms with E-state index in [-0.39, 0.29) is 42.5 Å². The van der Waals surface area contributed by atoms with Crippen LogP contribution in [0.2, 0.25) is 0 Å². The van der Waals surface area contributed by atoms with Crippen LogP contribution in [0.25, 0.3) is 0 Å². The molecule has 3 heterocycles. The van der Waals surface area contributed by atoms with Gasteiger partial charge < -0.3 is 19.9 Å². The van der Waals surface area contributed by atoms with E-state index in [0.717, 1.165) is 65.3 Å². The van der Waals surface area contributed by atoms with Crippen molar-refractivity contribution in [2.75, 3.05) is 66.1 Å². The fourth-order valence-corrected chi connectivity index (χ4v) is 3.90. The summed E-state index contributed by atoms with van der Waals surface area (Å²) in [6.45, 7) is 7.53. The molecule has 1 atom stereocenters. The van der Waals surface area contributed by atoms with Gasteiger partial charge in [0, 0.05) is 52.2 Å². The Morgan fingerprint density at radius 3 is 2.50 bits per heavy atom. The van der Waals surface area contributed by atoms with Crippen LogP contribution >= 0.6 is 24.8 Å². The van der Waals surface area contributed by atoms with Crippen molar-refractivity contribution < 1.29 is 14.3 Å². The number of morpholine rings is 1. The highest BCUT2D eigenvalue weighted by molar-refractivity contribution is 5.89. The predicted molar refractivity (Wildman–Crippen MR) is 105 cm³/mol. The normalized spacial score (nSPS) is 24.7. The maximum Gasteiger partial charge on any atom is 0.227 e. The van der Waals surface area contributed by atoms with Crippen LogP contribution in [0.15, 0.2) is 0 Å². The third kappa shape index (κ3) is 5.96. The SMILES string of the molecule is CN(C(=O)C1CC(=O)N(CCN2CCOCC2)C1)C1CCNCC1.Cl.Cl. The summed E-state index contributed by atoms with van der Waals surface area (Å²) >= 11 is 0. The summed E-state index contributed by atoms with van der Waals surface area (Å²) < 4.78 is 5.35. The van der Waals surface area contributed by atoms with E-state index in [0.29, 0.717) is 19.0 Å². The zero-order chi connectivity index (χ0) is 16.9. The first-order chi connectivity index (χ1) is 11.6. The predicted octanol–water partition coefficient (Wildman–Crippen LogP) is 0.221. The number of nitrogens with one attached hydrogen (secondary N) is 1. The second kappa shape index (κ2) is 11.3. The number of ether oxygens (including phenoxy) is 1. The number of hydrogen-bond acceptors (Lipinski definition) is 5. The smallest absolute Gasteiger partial charge is 0.227 e. The standard InChI is InChI=1S/C17H30N4O3.2ClH/c1-19(15-2-4-18-5-3-15)17(23)14-12-16(22)21(13-14)7-6-20-8-10-24-11-9-20;;/h14-15,18H,2-13H2,1H3;2*1H. The van der Waals surface area contributed by atoms with Gasteiger partial charge in [-0.3, -0.25) is 14.5 Å². The molecule has 0 aromatic rings. The molecule has 3 fully saturated rings. The van der Waals surface area contributed by atoms with Gasteiger partial charge in [-0.05, 0) is 25.9 Å². The molecule has 1 N–H and O–H groups in total. The minimum atomic E-state index is -0.165. The molecule has 9 heteroatoms. The maximum atomic E-state index is 12.7. The van der Waals surface area contributed by atoms with Gasteiger partial charge in [-0.2, -0.15) is 0 Å². The highest BCUT2D eigenvalue weighted by Gasteiger charge is 2.37. The molecular weight excluding hydrogens is 379 g/mol. The Balaban J connectivity index is 0.00000169. The molecule has 3 saturated heterocycles. The monoisotopic (exact) mass is 410 g/mol. The van der Waals surface area contributed by atoms with Gasteiger partial charge in [0.1, 0.15) is 0 Å². The summed E-state index contributed by atoms with van der Waals surface area (Å²) in [5.74, 6) is 0.103. The number of nitrogens with zero attached hydrogens (tertiary/aromatic N) is 3. The Morgan fingerprint density at radius 1 is 1.19 bits per heavy atom. The van der Waals surface area contributed by atoms with Gasteiger partial charge in [0.15, 0.2) is 0 Å². The lowest BCUT2D eigenvalue weighted by Crippen LogP contribution is -2.46. The second-order valence-corrected chi connectivity index (χ2v) is 7.13. The number of halogens is 2. The minimum absolute atomic E-state index is 0. The number of piperidine rings is 1. The van der Waals surface area contributed by atoms with Crippen molar-refractivity contribution >= 4 is 36.6 Å². The molecule has 3 aliphatic rings. The molecule has 2 amide bonds. The fourth-order valence-electron chi connectivity index (χ4n) is 3.90. The quantitative estimate of drug-likeness (QED) is 0.702. The van der Waals surface area contributed by atoms with Crippen LogP contribution in [0.4, 0.5) is 0 Å². The lowest BCUT2D eigenvalue weighted by atomic mass is 10.0. The molecule has 7 nitrogen and oxygen atoms in total. The zero-order valence-electron chi connectivity index (χ0n) is 15.5. The molecule has 152 valence electrons. The number of hydrogen-bond donors (Lipinski definition) is 1. The van der Waals surface area contributed by atoms with Gasteiger partial charge in [-0.25, -0.2) is 0 Å². The van der Waals surface area contributed by atoms with Gasteiger partial charge in [0.2, 0.25) is 11.8 Å². The third-order valence-electron chi connectivity index (χ3n) is 5.56. The van der Waals surface area contributed by atoms with Crippen molar-refractivity contribution in [1.82, 2.24) is 20.0 Å². The summed E-state index contributed by atoms with van der Waals surface area (Å²) in [6.07, 6.45) is 2.38. The molecule has 26 heavy (non-hydrogen) atoms. The van der Waals surface area contributed by atoms with Crippen molar-refractivity contribution in [3.8, 4) is 0 Å². The Labute approximate surface area is 168 Å². The highest BCUT2D eigenvalue weighted by atomic mass is 35.5. The Morgan fingerprint density at radius 2 is 1.85 bits per heavy atom. The van der Waals surface area contributed by atoms with E-state index in [1.54, 1.807) is 0 Å². The molecule has 0 aromatic heterocycles. The van der Waals surface area contributed by atoms with Gasteiger partial charge in [0.05, 0.1) is 19.1 Å². The maximum absolute atomic E-state index is 12.7. The van der Waals surface area contributed by atoms with Crippen LogP contribution in [-0.4, -0.2) is 98.6 Å². The van der Waals surface area contributed by atoms with Crippen molar-refractivity contribution in [2.45, 2.75) is 25.3 Å². The largest absolute Gasteiger partial charge is 0.379 e. The Hall–Kier alpha value is -0.600. The first kappa shape index (κ1) is 23.4. The number of carbonyl (C=O) groups is 2. The van der Waals surface area contributed by atoms with Crippen molar-refractivity contribution in [3.63, 3.8) is 0 Å². The number of carbonyl (C=O) groups excluding carboxylic acids is 2. The van der Waals surface area contributed by atoms with Crippen LogP contribution < -0.4 is 5.32 Å². The number of amides is 2. The average molecular weight is 411 g/mol. The van der Waals surface area contributed by atoms with Crippen LogP contribution in [0, 0.1) is 5.92 Å². The van der Waals surface area contributed by atoms with Crippen molar-refractivity contribution in [1.29, 1.82) is 0 Å². The summed E-state index contributed by atoms with van der Waals surface area (Å²) in [5, 5.41) is 3.33. The van der Waals surface area contributed by atoms with Crippen LogP contribution in [0.1, 0.15) is 19.3 Å². The van der Waals surface area contributed by atoms with E-state index in [1.807, 2.05) is 16.8 Å². The Kier molecular flexibility index (Phi) is 10.2. The van der Waals surface area contributed by atoms with E-state index in [1.165, 1.54) is 0 Å². The molecular formula is C17H32Cl2N4O3. The summed E-state index contributed by atoms with van der Waals surface area (Å²) in [5.41, 5.74) is 0. The van der Waals surface area contributed by atoms with Gasteiger partial charge in [0.25, 0.3) is 0 Å². The first-order valence-corrected chi connectivity index (χ1v) is 9.20. The van der Waals surface area contributed by atoms with Gasteiger partial charge in [-0.1, -0.05) is 0 Å². The molecule has 1 unspecified atom stereocenters. The van der Waals surface area contributed by atoms with Crippen LogP contribution in [0.3, 0.4) is 0 Å². The third-order valence-corrected chi connectivity index (χ3v) is 5.56. The lowest BCUT2D eigenvalue weighted by Gasteiger charge is -2.33. The molecule has 0 aromatic carbocycles. The number of likely N-dealkylation sites (tertiary alicyclic amines) is 1. The highest BCUT2D eigenvalue weighted by Crippen LogP contribution is 2.22. The summed E-state index contributed by atoms with van der Waals surface area (Å²) in [7, 11) is 1.90. The first-order valence-electron chi connectivity index (χ1n) is 9.20. The fraction of sp³-hybridized carbons (Fsp3) is 0.882. The van der Waals surface area contributed by atoms with Crippen LogP contribution in [0.5, 0.6) is 0 Å². The van der Waals surface area contributed by atoms with Gasteiger partial charge >= 0.3 is 0 Å². The molecule has 0 saturated carbocycles. The molecule has 3 aliphatic heterocycles. The Bertz CT molecular complexity index is 457. The minimum Gasteiger partial charge on any atom is -0.379 e. The van der Waals surface area contributed by atoms with E-state index >= 15 is 0 Å². The zero-order valence-corrected chi connectivity index (χ0v) is 17.2. The van der Waals surface area contributed by atoms with E-state index in [9.17, 15) is 9.59 Å². The molecule has 0 aliphatic carbocycles. The summed E-state index contributed by atoms with van der Waals surface area (Å²) in [4.78, 5) is 31.1.